The normalized spacial score (nSPS) is 15.5. The molecule has 1 aromatic carbocycles. The molecular formula is C11H14N2O2. The minimum Gasteiger partial charge on any atom is -0.496 e. The highest BCUT2D eigenvalue weighted by atomic mass is 16.5. The molecule has 0 atom stereocenters. The molecule has 0 bridgehead atoms. The largest absolute Gasteiger partial charge is 0.496 e. The lowest BCUT2D eigenvalue weighted by atomic mass is 10.1. The summed E-state index contributed by atoms with van der Waals surface area (Å²) in [6, 6.07) is 7.48. The molecule has 1 aliphatic rings. The van der Waals surface area contributed by atoms with E-state index in [1.54, 1.807) is 19.2 Å². The second kappa shape index (κ2) is 4.31. The van der Waals surface area contributed by atoms with Crippen LogP contribution in [0.2, 0.25) is 0 Å². The third kappa shape index (κ3) is 2.10. The Kier molecular flexibility index (Phi) is 2.87. The molecule has 80 valence electrons. The van der Waals surface area contributed by atoms with Gasteiger partial charge in [0.25, 0.3) is 5.91 Å². The smallest absolute Gasteiger partial charge is 0.255 e. The van der Waals surface area contributed by atoms with Crippen molar-refractivity contribution in [3.63, 3.8) is 0 Å². The molecule has 0 spiro atoms. The Labute approximate surface area is 88.6 Å². The van der Waals surface area contributed by atoms with Crippen LogP contribution in [0.5, 0.6) is 5.75 Å². The average molecular weight is 206 g/mol. The lowest BCUT2D eigenvalue weighted by Crippen LogP contribution is -2.56. The van der Waals surface area contributed by atoms with Gasteiger partial charge in [-0.25, -0.2) is 0 Å². The maximum atomic E-state index is 11.8. The first-order valence-electron chi connectivity index (χ1n) is 4.96. The van der Waals surface area contributed by atoms with Gasteiger partial charge in [-0.3, -0.25) is 4.79 Å². The molecule has 0 unspecified atom stereocenters. The number of ether oxygens (including phenoxy) is 1. The van der Waals surface area contributed by atoms with Crippen LogP contribution in [0, 0.1) is 0 Å². The summed E-state index contributed by atoms with van der Waals surface area (Å²) in [5.74, 6) is 0.543. The van der Waals surface area contributed by atoms with Crippen LogP contribution in [0.1, 0.15) is 10.4 Å². The lowest BCUT2D eigenvalue weighted by molar-refractivity contribution is 0.0921. The Balaban J connectivity index is 2.09. The molecule has 0 aliphatic carbocycles. The number of carbonyl (C=O) groups is 1. The highest BCUT2D eigenvalue weighted by Crippen LogP contribution is 2.17. The predicted molar refractivity (Wildman–Crippen MR) is 57.1 cm³/mol. The van der Waals surface area contributed by atoms with Crippen molar-refractivity contribution in [3.8, 4) is 5.75 Å². The van der Waals surface area contributed by atoms with E-state index in [1.807, 2.05) is 12.1 Å². The Morgan fingerprint density at radius 3 is 2.80 bits per heavy atom. The minimum absolute atomic E-state index is 0.0704. The Morgan fingerprint density at radius 2 is 2.20 bits per heavy atom. The van der Waals surface area contributed by atoms with Gasteiger partial charge in [0.1, 0.15) is 5.75 Å². The first kappa shape index (κ1) is 9.98. The van der Waals surface area contributed by atoms with Crippen molar-refractivity contribution < 1.29 is 9.53 Å². The fourth-order valence-corrected chi connectivity index (χ4v) is 1.49. The summed E-state index contributed by atoms with van der Waals surface area (Å²) in [4.78, 5) is 11.8. The number of benzene rings is 1. The summed E-state index contributed by atoms with van der Waals surface area (Å²) in [5.41, 5.74) is 0.590. The van der Waals surface area contributed by atoms with Gasteiger partial charge in [-0.1, -0.05) is 12.1 Å². The van der Waals surface area contributed by atoms with E-state index in [-0.39, 0.29) is 11.9 Å². The fourth-order valence-electron chi connectivity index (χ4n) is 1.49. The average Bonchev–Trinajstić information content (AvgIpc) is 2.23. The molecule has 1 saturated heterocycles. The molecule has 0 aromatic heterocycles. The maximum absolute atomic E-state index is 11.8. The molecule has 4 heteroatoms. The zero-order valence-corrected chi connectivity index (χ0v) is 8.62. The monoisotopic (exact) mass is 206 g/mol. The predicted octanol–water partition coefficient (Wildman–Crippen LogP) is 0.397. The zero-order valence-electron chi connectivity index (χ0n) is 8.62. The van der Waals surface area contributed by atoms with Crippen LogP contribution in [-0.2, 0) is 0 Å². The van der Waals surface area contributed by atoms with Crippen LogP contribution in [-0.4, -0.2) is 32.1 Å². The number of nitrogens with one attached hydrogen (secondary N) is 2. The summed E-state index contributed by atoms with van der Waals surface area (Å²) < 4.78 is 5.12. The van der Waals surface area contributed by atoms with Gasteiger partial charge in [-0.05, 0) is 12.1 Å². The number of amides is 1. The lowest BCUT2D eigenvalue weighted by Gasteiger charge is -2.28. The van der Waals surface area contributed by atoms with Gasteiger partial charge in [0.2, 0.25) is 0 Å². The first-order valence-corrected chi connectivity index (χ1v) is 4.96. The number of para-hydroxylation sites is 1. The Hall–Kier alpha value is -1.55. The van der Waals surface area contributed by atoms with E-state index in [0.717, 1.165) is 13.1 Å². The number of hydrogen-bond acceptors (Lipinski definition) is 3. The topological polar surface area (TPSA) is 50.4 Å². The number of hydrogen-bond donors (Lipinski definition) is 2. The van der Waals surface area contributed by atoms with Gasteiger partial charge >= 0.3 is 0 Å². The number of carbonyl (C=O) groups excluding carboxylic acids is 1. The van der Waals surface area contributed by atoms with Crippen LogP contribution < -0.4 is 15.4 Å². The quantitative estimate of drug-likeness (QED) is 0.752. The van der Waals surface area contributed by atoms with Crippen molar-refractivity contribution in [3.05, 3.63) is 29.8 Å². The van der Waals surface area contributed by atoms with E-state index in [4.69, 9.17) is 4.74 Å². The van der Waals surface area contributed by atoms with Gasteiger partial charge in [0.05, 0.1) is 18.7 Å². The standard InChI is InChI=1S/C11H14N2O2/c1-15-10-5-3-2-4-9(10)11(14)13-8-6-12-7-8/h2-5,8,12H,6-7H2,1H3,(H,13,14). The summed E-state index contributed by atoms with van der Waals surface area (Å²) >= 11 is 0. The molecule has 1 aromatic rings. The van der Waals surface area contributed by atoms with Gasteiger partial charge < -0.3 is 15.4 Å². The molecule has 0 radical (unpaired) electrons. The molecule has 1 fully saturated rings. The molecule has 15 heavy (non-hydrogen) atoms. The molecule has 1 aliphatic heterocycles. The van der Waals surface area contributed by atoms with Crippen molar-refractivity contribution in [1.29, 1.82) is 0 Å². The number of methoxy groups -OCH3 is 1. The molecule has 1 amide bonds. The SMILES string of the molecule is COc1ccccc1C(=O)NC1CNC1. The van der Waals surface area contributed by atoms with E-state index in [1.165, 1.54) is 0 Å². The molecular weight excluding hydrogens is 192 g/mol. The van der Waals surface area contributed by atoms with Gasteiger partial charge in [0, 0.05) is 13.1 Å². The Bertz CT molecular complexity index is 361. The van der Waals surface area contributed by atoms with Gasteiger partial charge in [-0.2, -0.15) is 0 Å². The highest BCUT2D eigenvalue weighted by Gasteiger charge is 2.20. The molecule has 2 rings (SSSR count). The molecule has 4 nitrogen and oxygen atoms in total. The van der Waals surface area contributed by atoms with E-state index in [9.17, 15) is 4.79 Å². The third-order valence-electron chi connectivity index (χ3n) is 2.47. The minimum atomic E-state index is -0.0704. The van der Waals surface area contributed by atoms with Crippen molar-refractivity contribution in [2.45, 2.75) is 6.04 Å². The maximum Gasteiger partial charge on any atom is 0.255 e. The second-order valence-corrected chi connectivity index (χ2v) is 3.53. The summed E-state index contributed by atoms with van der Waals surface area (Å²) in [6.07, 6.45) is 0. The van der Waals surface area contributed by atoms with E-state index in [0.29, 0.717) is 11.3 Å². The molecule has 2 N–H and O–H groups in total. The summed E-state index contributed by atoms with van der Waals surface area (Å²) in [5, 5.41) is 6.03. The van der Waals surface area contributed by atoms with Crippen LogP contribution in [0.25, 0.3) is 0 Å². The fraction of sp³-hybridized carbons (Fsp3) is 0.364. The first-order chi connectivity index (χ1) is 7.31. The Morgan fingerprint density at radius 1 is 1.47 bits per heavy atom. The molecule has 1 heterocycles. The van der Waals surface area contributed by atoms with Gasteiger partial charge in [0.15, 0.2) is 0 Å². The van der Waals surface area contributed by atoms with Crippen molar-refractivity contribution >= 4 is 5.91 Å². The zero-order chi connectivity index (χ0) is 10.7. The van der Waals surface area contributed by atoms with Crippen molar-refractivity contribution in [2.75, 3.05) is 20.2 Å². The van der Waals surface area contributed by atoms with E-state index >= 15 is 0 Å². The number of rotatable bonds is 3. The summed E-state index contributed by atoms with van der Waals surface area (Å²) in [7, 11) is 1.57. The summed E-state index contributed by atoms with van der Waals surface area (Å²) in [6.45, 7) is 1.70. The van der Waals surface area contributed by atoms with E-state index < -0.39 is 0 Å². The van der Waals surface area contributed by atoms with Crippen LogP contribution in [0.15, 0.2) is 24.3 Å². The van der Waals surface area contributed by atoms with E-state index in [2.05, 4.69) is 10.6 Å². The van der Waals surface area contributed by atoms with Crippen LogP contribution in [0.4, 0.5) is 0 Å². The van der Waals surface area contributed by atoms with Crippen molar-refractivity contribution in [1.82, 2.24) is 10.6 Å². The third-order valence-corrected chi connectivity index (χ3v) is 2.47. The van der Waals surface area contributed by atoms with Crippen LogP contribution in [0.3, 0.4) is 0 Å². The van der Waals surface area contributed by atoms with Crippen LogP contribution >= 0.6 is 0 Å². The van der Waals surface area contributed by atoms with Crippen molar-refractivity contribution in [2.24, 2.45) is 0 Å². The highest BCUT2D eigenvalue weighted by molar-refractivity contribution is 5.97. The van der Waals surface area contributed by atoms with Gasteiger partial charge in [-0.15, -0.1) is 0 Å². The second-order valence-electron chi connectivity index (χ2n) is 3.53. The molecule has 0 saturated carbocycles.